The topological polar surface area (TPSA) is 50.4 Å². The predicted molar refractivity (Wildman–Crippen MR) is 89.8 cm³/mol. The number of hydrogen-bond acceptors (Lipinski definition) is 1. The van der Waals surface area contributed by atoms with E-state index in [2.05, 4.69) is 28.5 Å². The molecule has 3 nitrogen and oxygen atoms in total. The molecule has 110 valence electrons. The van der Waals surface area contributed by atoms with Crippen molar-refractivity contribution in [3.63, 3.8) is 0 Å². The Bertz CT molecular complexity index is 582. The third kappa shape index (κ3) is 5.88. The minimum Gasteiger partial charge on any atom is -0.370 e. The second-order valence-electron chi connectivity index (χ2n) is 4.81. The lowest BCUT2D eigenvalue weighted by molar-refractivity contribution is 0.844. The second kappa shape index (κ2) is 8.32. The van der Waals surface area contributed by atoms with Crippen LogP contribution in [0, 0.1) is 0 Å². The molecule has 3 N–H and O–H groups in total. The first-order chi connectivity index (χ1) is 10.2. The summed E-state index contributed by atoms with van der Waals surface area (Å²) in [4.78, 5) is 4.33. The van der Waals surface area contributed by atoms with Crippen LogP contribution in [-0.2, 0) is 12.8 Å². The van der Waals surface area contributed by atoms with Crippen molar-refractivity contribution in [2.24, 2.45) is 10.7 Å². The van der Waals surface area contributed by atoms with Gasteiger partial charge in [-0.3, -0.25) is 4.99 Å². The molecule has 2 aromatic rings. The van der Waals surface area contributed by atoms with E-state index in [4.69, 9.17) is 17.3 Å². The maximum Gasteiger partial charge on any atom is 0.188 e. The Balaban J connectivity index is 1.69. The maximum atomic E-state index is 5.94. The molecule has 0 heterocycles. The lowest BCUT2D eigenvalue weighted by atomic mass is 10.1. The number of hydrogen-bond donors (Lipinski definition) is 2. The third-order valence-electron chi connectivity index (χ3n) is 3.13. The van der Waals surface area contributed by atoms with Gasteiger partial charge in [-0.05, 0) is 36.1 Å². The molecule has 0 aliphatic heterocycles. The number of aliphatic imine (C=N–C) groups is 1. The van der Waals surface area contributed by atoms with E-state index in [1.165, 1.54) is 11.1 Å². The molecule has 0 aliphatic rings. The molecule has 4 heteroatoms. The highest BCUT2D eigenvalue weighted by molar-refractivity contribution is 6.30. The van der Waals surface area contributed by atoms with Crippen LogP contribution in [0.5, 0.6) is 0 Å². The van der Waals surface area contributed by atoms with Gasteiger partial charge >= 0.3 is 0 Å². The van der Waals surface area contributed by atoms with Crippen molar-refractivity contribution in [3.05, 3.63) is 70.7 Å². The maximum absolute atomic E-state index is 5.94. The Hall–Kier alpha value is -2.00. The normalized spacial score (nSPS) is 11.4. The standard InChI is InChI=1S/C17H20ClN3/c18-16-8-4-7-15(13-16)10-12-21-17(19)20-11-9-14-5-2-1-3-6-14/h1-8,13H,9-12H2,(H3,19,20,21). The first-order valence-corrected chi connectivity index (χ1v) is 7.44. The van der Waals surface area contributed by atoms with E-state index >= 15 is 0 Å². The molecule has 2 rings (SSSR count). The van der Waals surface area contributed by atoms with Crippen LogP contribution in [0.1, 0.15) is 11.1 Å². The predicted octanol–water partition coefficient (Wildman–Crippen LogP) is 3.03. The summed E-state index contributed by atoms with van der Waals surface area (Å²) in [5, 5.41) is 3.88. The molecule has 0 bridgehead atoms. The zero-order valence-electron chi connectivity index (χ0n) is 11.9. The Morgan fingerprint density at radius 1 is 1.00 bits per heavy atom. The van der Waals surface area contributed by atoms with Crippen LogP contribution in [0.3, 0.4) is 0 Å². The lowest BCUT2D eigenvalue weighted by Crippen LogP contribution is -2.33. The van der Waals surface area contributed by atoms with Gasteiger partial charge in [0.25, 0.3) is 0 Å². The van der Waals surface area contributed by atoms with Gasteiger partial charge < -0.3 is 11.1 Å². The van der Waals surface area contributed by atoms with Crippen LogP contribution in [0.15, 0.2) is 59.6 Å². The SMILES string of the molecule is NC(=NCCc1ccccc1)NCCc1cccc(Cl)c1. The largest absolute Gasteiger partial charge is 0.370 e. The van der Waals surface area contributed by atoms with E-state index in [-0.39, 0.29) is 0 Å². The number of nitrogens with zero attached hydrogens (tertiary/aromatic N) is 1. The molecule has 0 aliphatic carbocycles. The van der Waals surface area contributed by atoms with Crippen molar-refractivity contribution in [1.82, 2.24) is 5.32 Å². The molecule has 0 saturated heterocycles. The van der Waals surface area contributed by atoms with Crippen LogP contribution >= 0.6 is 11.6 Å². The number of guanidine groups is 1. The van der Waals surface area contributed by atoms with Crippen molar-refractivity contribution in [3.8, 4) is 0 Å². The average molecular weight is 302 g/mol. The molecule has 0 fully saturated rings. The van der Waals surface area contributed by atoms with Gasteiger partial charge in [-0.25, -0.2) is 0 Å². The minimum absolute atomic E-state index is 0.493. The summed E-state index contributed by atoms with van der Waals surface area (Å²) >= 11 is 5.94. The quantitative estimate of drug-likeness (QED) is 0.636. The van der Waals surface area contributed by atoms with E-state index in [1.54, 1.807) is 0 Å². The van der Waals surface area contributed by atoms with E-state index in [9.17, 15) is 0 Å². The minimum atomic E-state index is 0.493. The van der Waals surface area contributed by atoms with Gasteiger partial charge in [0.15, 0.2) is 5.96 Å². The summed E-state index contributed by atoms with van der Waals surface area (Å²) in [6.07, 6.45) is 1.77. The van der Waals surface area contributed by atoms with Crippen molar-refractivity contribution in [1.29, 1.82) is 0 Å². The fourth-order valence-corrected chi connectivity index (χ4v) is 2.25. The zero-order valence-corrected chi connectivity index (χ0v) is 12.7. The zero-order chi connectivity index (χ0) is 14.9. The van der Waals surface area contributed by atoms with E-state index in [0.29, 0.717) is 12.5 Å². The highest BCUT2D eigenvalue weighted by Gasteiger charge is 1.96. The molecule has 0 amide bonds. The molecule has 0 radical (unpaired) electrons. The van der Waals surface area contributed by atoms with Crippen molar-refractivity contribution < 1.29 is 0 Å². The summed E-state index contributed by atoms with van der Waals surface area (Å²) in [7, 11) is 0. The van der Waals surface area contributed by atoms with Crippen LogP contribution in [0.4, 0.5) is 0 Å². The number of nitrogens with two attached hydrogens (primary N) is 1. The Morgan fingerprint density at radius 3 is 2.52 bits per heavy atom. The van der Waals surface area contributed by atoms with Crippen LogP contribution in [-0.4, -0.2) is 19.0 Å². The third-order valence-corrected chi connectivity index (χ3v) is 3.37. The van der Waals surface area contributed by atoms with Gasteiger partial charge in [0, 0.05) is 18.1 Å². The Morgan fingerprint density at radius 2 is 1.76 bits per heavy atom. The Labute approximate surface area is 130 Å². The van der Waals surface area contributed by atoms with Crippen molar-refractivity contribution >= 4 is 17.6 Å². The van der Waals surface area contributed by atoms with Crippen LogP contribution in [0.2, 0.25) is 5.02 Å². The number of rotatable bonds is 6. The Kier molecular flexibility index (Phi) is 6.10. The van der Waals surface area contributed by atoms with E-state index in [0.717, 1.165) is 24.4 Å². The molecule has 0 atom stereocenters. The highest BCUT2D eigenvalue weighted by Crippen LogP contribution is 2.10. The summed E-state index contributed by atoms with van der Waals surface area (Å²) in [5.74, 6) is 0.493. The fraction of sp³-hybridized carbons (Fsp3) is 0.235. The molecule has 21 heavy (non-hydrogen) atoms. The molecular formula is C17H20ClN3. The van der Waals surface area contributed by atoms with Crippen molar-refractivity contribution in [2.75, 3.05) is 13.1 Å². The molecule has 0 saturated carbocycles. The fourth-order valence-electron chi connectivity index (χ4n) is 2.03. The van der Waals surface area contributed by atoms with Gasteiger partial charge in [-0.2, -0.15) is 0 Å². The highest BCUT2D eigenvalue weighted by atomic mass is 35.5. The summed E-state index contributed by atoms with van der Waals surface area (Å²) in [6.45, 7) is 1.45. The van der Waals surface area contributed by atoms with Gasteiger partial charge in [-0.1, -0.05) is 54.1 Å². The first kappa shape index (κ1) is 15.4. The van der Waals surface area contributed by atoms with Gasteiger partial charge in [0.05, 0.1) is 0 Å². The number of benzene rings is 2. The average Bonchev–Trinajstić information content (AvgIpc) is 2.48. The molecule has 2 aromatic carbocycles. The lowest BCUT2D eigenvalue weighted by Gasteiger charge is -2.06. The molecule has 0 aromatic heterocycles. The van der Waals surface area contributed by atoms with E-state index < -0.39 is 0 Å². The summed E-state index contributed by atoms with van der Waals surface area (Å²) in [5.41, 5.74) is 8.30. The first-order valence-electron chi connectivity index (χ1n) is 7.06. The molecule has 0 spiro atoms. The molecular weight excluding hydrogens is 282 g/mol. The number of nitrogens with one attached hydrogen (secondary N) is 1. The van der Waals surface area contributed by atoms with Crippen LogP contribution < -0.4 is 11.1 Å². The van der Waals surface area contributed by atoms with Gasteiger partial charge in [-0.15, -0.1) is 0 Å². The molecule has 0 unspecified atom stereocenters. The van der Waals surface area contributed by atoms with E-state index in [1.807, 2.05) is 36.4 Å². The second-order valence-corrected chi connectivity index (χ2v) is 5.25. The number of halogens is 1. The van der Waals surface area contributed by atoms with Crippen LogP contribution in [0.25, 0.3) is 0 Å². The summed E-state index contributed by atoms with van der Waals surface area (Å²) < 4.78 is 0. The van der Waals surface area contributed by atoms with Gasteiger partial charge in [0.1, 0.15) is 0 Å². The van der Waals surface area contributed by atoms with Gasteiger partial charge in [0.2, 0.25) is 0 Å². The monoisotopic (exact) mass is 301 g/mol. The smallest absolute Gasteiger partial charge is 0.188 e. The summed E-state index contributed by atoms with van der Waals surface area (Å²) in [6, 6.07) is 18.1. The van der Waals surface area contributed by atoms with Crippen molar-refractivity contribution in [2.45, 2.75) is 12.8 Å².